The Kier molecular flexibility index (Phi) is 8.08. The molecule has 0 fully saturated rings. The zero-order valence-electron chi connectivity index (χ0n) is 24.3. The zero-order valence-corrected chi connectivity index (χ0v) is 25.2. The fourth-order valence-corrected chi connectivity index (χ4v) is 6.96. The van der Waals surface area contributed by atoms with Crippen LogP contribution in [0.15, 0.2) is 46.6 Å². The first-order valence-electron chi connectivity index (χ1n) is 14.2. The lowest BCUT2D eigenvalue weighted by Crippen LogP contribution is -2.32. The van der Waals surface area contributed by atoms with Crippen molar-refractivity contribution in [1.82, 2.24) is 24.9 Å². The van der Waals surface area contributed by atoms with E-state index in [0.29, 0.717) is 53.2 Å². The van der Waals surface area contributed by atoms with E-state index in [-0.39, 0.29) is 23.8 Å². The van der Waals surface area contributed by atoms with E-state index in [1.54, 1.807) is 31.4 Å². The molecule has 2 atom stereocenters. The highest BCUT2D eigenvalue weighted by Gasteiger charge is 2.28. The minimum Gasteiger partial charge on any atom is -0.487 e. The number of pyridine rings is 1. The predicted octanol–water partition coefficient (Wildman–Crippen LogP) is 5.56. The van der Waals surface area contributed by atoms with Gasteiger partial charge in [0.2, 0.25) is 5.56 Å². The summed E-state index contributed by atoms with van der Waals surface area (Å²) in [6.45, 7) is 2.37. The number of thiophene rings is 1. The number of fused-ring (bicyclic) bond motifs is 3. The van der Waals surface area contributed by atoms with Gasteiger partial charge in [0.15, 0.2) is 5.75 Å². The summed E-state index contributed by atoms with van der Waals surface area (Å²) in [5, 5.41) is 21.1. The second kappa shape index (κ2) is 12.0. The fraction of sp³-hybridized carbons (Fsp3) is 0.355. The molecule has 0 spiro atoms. The van der Waals surface area contributed by atoms with E-state index < -0.39 is 18.5 Å². The van der Waals surface area contributed by atoms with Crippen molar-refractivity contribution >= 4 is 38.4 Å². The molecular weight excluding hydrogens is 592 g/mol. The number of nitrogens with zero attached hydrogens (tertiary/aromatic N) is 4. The number of aromatic nitrogens is 4. The Morgan fingerprint density at radius 2 is 2.09 bits per heavy atom. The Morgan fingerprint density at radius 1 is 1.27 bits per heavy atom. The highest BCUT2D eigenvalue weighted by molar-refractivity contribution is 7.17. The van der Waals surface area contributed by atoms with Crippen LogP contribution < -0.4 is 15.0 Å². The van der Waals surface area contributed by atoms with E-state index in [1.807, 2.05) is 23.6 Å². The monoisotopic (exact) mass is 623 g/mol. The molecule has 1 aliphatic rings. The van der Waals surface area contributed by atoms with Gasteiger partial charge in [0.1, 0.15) is 22.9 Å². The molecule has 0 saturated carbocycles. The van der Waals surface area contributed by atoms with Crippen molar-refractivity contribution in [3.05, 3.63) is 80.1 Å². The molecule has 1 aliphatic heterocycles. The molecule has 0 aliphatic carbocycles. The molecule has 10 nitrogen and oxygen atoms in total. The Labute approximate surface area is 254 Å². The summed E-state index contributed by atoms with van der Waals surface area (Å²) in [7, 11) is 1.59. The van der Waals surface area contributed by atoms with Crippen molar-refractivity contribution in [1.29, 1.82) is 0 Å². The summed E-state index contributed by atoms with van der Waals surface area (Å²) in [4.78, 5) is 29.5. The van der Waals surface area contributed by atoms with Crippen LogP contribution in [0.4, 0.5) is 8.78 Å². The van der Waals surface area contributed by atoms with Crippen LogP contribution in [-0.4, -0.2) is 55.2 Å². The van der Waals surface area contributed by atoms with Crippen LogP contribution in [0, 0.1) is 6.92 Å². The molecule has 4 heterocycles. The van der Waals surface area contributed by atoms with Crippen molar-refractivity contribution in [3.8, 4) is 11.5 Å². The second-order valence-corrected chi connectivity index (χ2v) is 11.9. The first kappa shape index (κ1) is 29.7. The first-order chi connectivity index (χ1) is 21.1. The summed E-state index contributed by atoms with van der Waals surface area (Å²) >= 11 is 1.59. The van der Waals surface area contributed by atoms with Gasteiger partial charge in [0, 0.05) is 43.4 Å². The number of benzene rings is 2. The van der Waals surface area contributed by atoms with E-state index in [0.717, 1.165) is 27.6 Å². The van der Waals surface area contributed by atoms with Gasteiger partial charge in [-0.05, 0) is 70.6 Å². The molecule has 230 valence electrons. The highest BCUT2D eigenvalue weighted by Crippen LogP contribution is 2.40. The SMILES string of the molecule is CC[C@@H]1CN(Cc2cc([C@H](CC(=O)O)c3cc(OC(F)F)c4c(nnn4C)c3C)cc3ccsc23)Cc2[nH]c(=O)ccc2O1. The van der Waals surface area contributed by atoms with Crippen LogP contribution in [0.1, 0.15) is 53.6 Å². The predicted molar refractivity (Wildman–Crippen MR) is 162 cm³/mol. The zero-order chi connectivity index (χ0) is 31.1. The molecule has 3 aromatic heterocycles. The van der Waals surface area contributed by atoms with Crippen LogP contribution >= 0.6 is 11.3 Å². The molecular formula is C31H31F2N5O5S. The van der Waals surface area contributed by atoms with Gasteiger partial charge in [-0.25, -0.2) is 4.68 Å². The molecule has 5 aromatic rings. The highest BCUT2D eigenvalue weighted by atomic mass is 32.1. The molecule has 2 aromatic carbocycles. The number of hydrogen-bond donors (Lipinski definition) is 2. The quantitative estimate of drug-likeness (QED) is 0.219. The third-order valence-corrected chi connectivity index (χ3v) is 9.11. The Balaban J connectivity index is 1.45. The number of nitrogens with one attached hydrogen (secondary N) is 1. The lowest BCUT2D eigenvalue weighted by molar-refractivity contribution is -0.137. The van der Waals surface area contributed by atoms with Crippen molar-refractivity contribution < 1.29 is 28.2 Å². The maximum atomic E-state index is 13.5. The summed E-state index contributed by atoms with van der Waals surface area (Å²) in [5.74, 6) is -1.17. The third kappa shape index (κ3) is 5.76. The first-order valence-corrected chi connectivity index (χ1v) is 15.1. The summed E-state index contributed by atoms with van der Waals surface area (Å²) in [6, 6.07) is 10.6. The van der Waals surface area contributed by atoms with Crippen LogP contribution in [0.2, 0.25) is 0 Å². The van der Waals surface area contributed by atoms with Gasteiger partial charge in [0.25, 0.3) is 0 Å². The number of H-pyrrole nitrogens is 1. The number of carbonyl (C=O) groups is 1. The summed E-state index contributed by atoms with van der Waals surface area (Å²) in [5.41, 5.74) is 4.07. The lowest BCUT2D eigenvalue weighted by atomic mass is 9.84. The normalized spacial score (nSPS) is 16.2. The smallest absolute Gasteiger partial charge is 0.387 e. The number of carboxylic acids is 1. The molecule has 44 heavy (non-hydrogen) atoms. The summed E-state index contributed by atoms with van der Waals surface area (Å²) in [6.07, 6.45) is 0.413. The number of halogens is 2. The van der Waals surface area contributed by atoms with Gasteiger partial charge in [0.05, 0.1) is 12.1 Å². The van der Waals surface area contributed by atoms with E-state index in [9.17, 15) is 23.5 Å². The molecule has 0 unspecified atom stereocenters. The number of carboxylic acid groups (broad SMARTS) is 1. The minimum atomic E-state index is -3.08. The van der Waals surface area contributed by atoms with Gasteiger partial charge >= 0.3 is 12.6 Å². The van der Waals surface area contributed by atoms with Crippen molar-refractivity contribution in [2.75, 3.05) is 6.54 Å². The number of alkyl halides is 2. The van der Waals surface area contributed by atoms with E-state index in [2.05, 4.69) is 27.1 Å². The molecule has 0 saturated heterocycles. The number of rotatable bonds is 9. The van der Waals surface area contributed by atoms with E-state index >= 15 is 0 Å². The molecule has 0 radical (unpaired) electrons. The Morgan fingerprint density at radius 3 is 2.84 bits per heavy atom. The largest absolute Gasteiger partial charge is 0.487 e. The van der Waals surface area contributed by atoms with Crippen LogP contribution in [0.5, 0.6) is 11.5 Å². The number of aryl methyl sites for hydroxylation is 2. The van der Waals surface area contributed by atoms with E-state index in [1.165, 1.54) is 16.8 Å². The Bertz CT molecular complexity index is 1920. The standard InChI is InChI=1S/C31H31F2N5O5S/c1-4-20-14-38(15-23-24(42-20)5-6-26(39)34-23)13-19-10-18(9-17-7-8-44-30(17)19)22(12-27(40)41)21-11-25(43-31(32)33)29-28(16(21)2)35-36-37(29)3/h5-11,20,22,31H,4,12-15H2,1-3H3,(H,34,39)(H,40,41)/t20-,22+/m1/s1. The minimum absolute atomic E-state index is 0.0847. The molecule has 2 N–H and O–H groups in total. The van der Waals surface area contributed by atoms with Crippen molar-refractivity contribution in [2.45, 2.75) is 58.4 Å². The van der Waals surface area contributed by atoms with Gasteiger partial charge in [-0.15, -0.1) is 16.4 Å². The van der Waals surface area contributed by atoms with Gasteiger partial charge in [-0.1, -0.05) is 18.2 Å². The second-order valence-electron chi connectivity index (χ2n) is 11.0. The number of aromatic amines is 1. The third-order valence-electron chi connectivity index (χ3n) is 8.10. The van der Waals surface area contributed by atoms with Crippen molar-refractivity contribution in [2.24, 2.45) is 7.05 Å². The number of aliphatic carboxylic acids is 1. The van der Waals surface area contributed by atoms with Crippen LogP contribution in [0.3, 0.4) is 0 Å². The lowest BCUT2D eigenvalue weighted by Gasteiger charge is -2.25. The topological polar surface area (TPSA) is 123 Å². The fourth-order valence-electron chi connectivity index (χ4n) is 6.07. The van der Waals surface area contributed by atoms with E-state index in [4.69, 9.17) is 9.47 Å². The summed E-state index contributed by atoms with van der Waals surface area (Å²) < 4.78 is 40.4. The van der Waals surface area contributed by atoms with Crippen molar-refractivity contribution in [3.63, 3.8) is 0 Å². The molecule has 6 rings (SSSR count). The van der Waals surface area contributed by atoms with Gasteiger partial charge in [-0.2, -0.15) is 8.78 Å². The molecule has 13 heteroatoms. The molecule has 0 amide bonds. The van der Waals surface area contributed by atoms with Gasteiger partial charge < -0.3 is 19.6 Å². The van der Waals surface area contributed by atoms with Crippen LogP contribution in [-0.2, 0) is 24.9 Å². The van der Waals surface area contributed by atoms with Gasteiger partial charge in [-0.3, -0.25) is 14.5 Å². The number of hydrogen-bond acceptors (Lipinski definition) is 8. The Hall–Kier alpha value is -4.36. The average Bonchev–Trinajstić information content (AvgIpc) is 3.56. The number of ether oxygens (including phenoxy) is 2. The average molecular weight is 624 g/mol. The molecule has 0 bridgehead atoms. The maximum Gasteiger partial charge on any atom is 0.387 e. The maximum absolute atomic E-state index is 13.5. The van der Waals surface area contributed by atoms with Crippen LogP contribution in [0.25, 0.3) is 21.1 Å².